The summed E-state index contributed by atoms with van der Waals surface area (Å²) in [5, 5.41) is 10.6. The molecule has 0 aromatic heterocycles. The molecule has 2 aromatic carbocycles. The van der Waals surface area contributed by atoms with E-state index in [0.717, 1.165) is 16.7 Å². The summed E-state index contributed by atoms with van der Waals surface area (Å²) in [6, 6.07) is 8.59. The van der Waals surface area contributed by atoms with Crippen LogP contribution < -0.4 is 0 Å². The first-order valence-electron chi connectivity index (χ1n) is 6.11. The van der Waals surface area contributed by atoms with Crippen molar-refractivity contribution >= 4 is 11.6 Å². The summed E-state index contributed by atoms with van der Waals surface area (Å²) < 4.78 is 13.4. The highest BCUT2D eigenvalue weighted by molar-refractivity contribution is 6.31. The van der Waals surface area contributed by atoms with Crippen LogP contribution in [0.1, 0.15) is 33.9 Å². The van der Waals surface area contributed by atoms with Gasteiger partial charge in [-0.2, -0.15) is 0 Å². The number of hydrogen-bond acceptors (Lipinski definition) is 1. The van der Waals surface area contributed by atoms with Crippen LogP contribution in [-0.2, 0) is 0 Å². The second-order valence-electron chi connectivity index (χ2n) is 4.87. The van der Waals surface area contributed by atoms with Gasteiger partial charge in [0, 0.05) is 10.6 Å². The maximum atomic E-state index is 13.4. The zero-order valence-corrected chi connectivity index (χ0v) is 11.9. The first kappa shape index (κ1) is 14.0. The van der Waals surface area contributed by atoms with Crippen LogP contribution in [0.5, 0.6) is 0 Å². The highest BCUT2D eigenvalue weighted by atomic mass is 35.5. The van der Waals surface area contributed by atoms with Crippen molar-refractivity contribution in [2.24, 2.45) is 0 Å². The summed E-state index contributed by atoms with van der Waals surface area (Å²) in [5.41, 5.74) is 4.03. The quantitative estimate of drug-likeness (QED) is 0.858. The van der Waals surface area contributed by atoms with Crippen LogP contribution in [0.15, 0.2) is 30.3 Å². The average molecular weight is 279 g/mol. The molecule has 0 bridgehead atoms. The Hall–Kier alpha value is -1.38. The van der Waals surface area contributed by atoms with Crippen LogP contribution in [0.2, 0.25) is 5.02 Å². The van der Waals surface area contributed by atoms with Gasteiger partial charge in [0.2, 0.25) is 0 Å². The van der Waals surface area contributed by atoms with E-state index in [-0.39, 0.29) is 10.8 Å². The van der Waals surface area contributed by atoms with E-state index in [1.54, 1.807) is 13.0 Å². The van der Waals surface area contributed by atoms with E-state index in [9.17, 15) is 9.50 Å². The molecule has 0 saturated heterocycles. The topological polar surface area (TPSA) is 20.2 Å². The van der Waals surface area contributed by atoms with E-state index >= 15 is 0 Å². The van der Waals surface area contributed by atoms with Crippen LogP contribution in [0.4, 0.5) is 4.39 Å². The van der Waals surface area contributed by atoms with E-state index < -0.39 is 6.10 Å². The average Bonchev–Trinajstić information content (AvgIpc) is 2.36. The molecule has 0 amide bonds. The summed E-state index contributed by atoms with van der Waals surface area (Å²) in [6.45, 7) is 5.66. The third-order valence-corrected chi connectivity index (χ3v) is 3.75. The minimum Gasteiger partial charge on any atom is -0.384 e. The van der Waals surface area contributed by atoms with Gasteiger partial charge in [0.15, 0.2) is 0 Å². The molecule has 2 aromatic rings. The number of rotatable bonds is 2. The Morgan fingerprint density at radius 3 is 2.32 bits per heavy atom. The second kappa shape index (κ2) is 5.32. The third-order valence-electron chi connectivity index (χ3n) is 3.42. The lowest BCUT2D eigenvalue weighted by Crippen LogP contribution is -2.03. The summed E-state index contributed by atoms with van der Waals surface area (Å²) in [4.78, 5) is 0. The first-order chi connectivity index (χ1) is 8.90. The molecule has 0 saturated carbocycles. The van der Waals surface area contributed by atoms with Crippen molar-refractivity contribution in [3.05, 3.63) is 69.0 Å². The Labute approximate surface area is 117 Å². The molecule has 0 fully saturated rings. The molecule has 1 unspecified atom stereocenters. The predicted molar refractivity (Wildman–Crippen MR) is 76.1 cm³/mol. The van der Waals surface area contributed by atoms with Crippen LogP contribution in [-0.4, -0.2) is 5.11 Å². The van der Waals surface area contributed by atoms with E-state index in [0.29, 0.717) is 11.1 Å². The van der Waals surface area contributed by atoms with Crippen molar-refractivity contribution in [2.45, 2.75) is 26.9 Å². The summed E-state index contributed by atoms with van der Waals surface area (Å²) in [5.74, 6) is -0.360. The van der Waals surface area contributed by atoms with Crippen molar-refractivity contribution in [3.63, 3.8) is 0 Å². The minimum atomic E-state index is -0.842. The Kier molecular flexibility index (Phi) is 3.93. The highest BCUT2D eigenvalue weighted by Crippen LogP contribution is 2.31. The number of halogens is 2. The van der Waals surface area contributed by atoms with Gasteiger partial charge in [-0.05, 0) is 55.2 Å². The molecule has 0 aliphatic rings. The first-order valence-corrected chi connectivity index (χ1v) is 6.48. The molecule has 100 valence electrons. The molecule has 0 radical (unpaired) electrons. The van der Waals surface area contributed by atoms with E-state index in [1.807, 2.05) is 32.0 Å². The van der Waals surface area contributed by atoms with Gasteiger partial charge in [0.1, 0.15) is 11.9 Å². The van der Waals surface area contributed by atoms with Crippen molar-refractivity contribution in [2.75, 3.05) is 0 Å². The molecule has 2 rings (SSSR count). The highest BCUT2D eigenvalue weighted by Gasteiger charge is 2.16. The predicted octanol–water partition coefficient (Wildman–Crippen LogP) is 4.49. The molecule has 1 nitrogen and oxygen atoms in total. The van der Waals surface area contributed by atoms with Crippen molar-refractivity contribution in [3.8, 4) is 0 Å². The number of aryl methyl sites for hydroxylation is 3. The van der Waals surface area contributed by atoms with Gasteiger partial charge in [-0.1, -0.05) is 29.8 Å². The van der Waals surface area contributed by atoms with Crippen LogP contribution in [0.3, 0.4) is 0 Å². The Bertz CT molecular complexity index is 622. The molecular weight excluding hydrogens is 263 g/mol. The molecule has 0 aliphatic carbocycles. The number of hydrogen-bond donors (Lipinski definition) is 1. The molecule has 3 heteroatoms. The van der Waals surface area contributed by atoms with Gasteiger partial charge < -0.3 is 5.11 Å². The van der Waals surface area contributed by atoms with Crippen LogP contribution in [0.25, 0.3) is 0 Å². The summed E-state index contributed by atoms with van der Waals surface area (Å²) in [6.07, 6.45) is -0.842. The third kappa shape index (κ3) is 2.80. The van der Waals surface area contributed by atoms with Gasteiger partial charge in [-0.15, -0.1) is 0 Å². The van der Waals surface area contributed by atoms with Crippen LogP contribution in [0, 0.1) is 26.6 Å². The largest absolute Gasteiger partial charge is 0.384 e. The van der Waals surface area contributed by atoms with Gasteiger partial charge >= 0.3 is 0 Å². The second-order valence-corrected chi connectivity index (χ2v) is 5.28. The van der Waals surface area contributed by atoms with E-state index in [4.69, 9.17) is 11.6 Å². The summed E-state index contributed by atoms with van der Waals surface area (Å²) in [7, 11) is 0. The minimum absolute atomic E-state index is 0.244. The fraction of sp³-hybridized carbons (Fsp3) is 0.250. The Balaban J connectivity index is 2.46. The van der Waals surface area contributed by atoms with Gasteiger partial charge in [-0.3, -0.25) is 0 Å². The van der Waals surface area contributed by atoms with Crippen LogP contribution >= 0.6 is 11.6 Å². The lowest BCUT2D eigenvalue weighted by Gasteiger charge is -2.15. The van der Waals surface area contributed by atoms with E-state index in [1.165, 1.54) is 6.07 Å². The van der Waals surface area contributed by atoms with Gasteiger partial charge in [0.05, 0.1) is 0 Å². The molecule has 19 heavy (non-hydrogen) atoms. The molecule has 0 spiro atoms. The normalized spacial score (nSPS) is 12.5. The lowest BCUT2D eigenvalue weighted by atomic mass is 9.97. The maximum Gasteiger partial charge on any atom is 0.127 e. The smallest absolute Gasteiger partial charge is 0.127 e. The molecule has 0 heterocycles. The van der Waals surface area contributed by atoms with Crippen molar-refractivity contribution in [1.82, 2.24) is 0 Å². The SMILES string of the molecule is Cc1ccc(C(O)c2cc(C)c(F)cc2Cl)cc1C. The lowest BCUT2D eigenvalue weighted by molar-refractivity contribution is 0.220. The zero-order valence-electron chi connectivity index (χ0n) is 11.2. The number of aliphatic hydroxyl groups is 1. The van der Waals surface area contributed by atoms with Gasteiger partial charge in [0.25, 0.3) is 0 Å². The Morgan fingerprint density at radius 2 is 1.68 bits per heavy atom. The van der Waals surface area contributed by atoms with E-state index in [2.05, 4.69) is 0 Å². The molecule has 1 N–H and O–H groups in total. The maximum absolute atomic E-state index is 13.4. The fourth-order valence-corrected chi connectivity index (χ4v) is 2.26. The molecule has 0 aliphatic heterocycles. The standard InChI is InChI=1S/C16H16ClFO/c1-9-4-5-12(6-10(9)2)16(19)13-7-11(3)15(18)8-14(13)17/h4-8,16,19H,1-3H3. The number of benzene rings is 2. The van der Waals surface area contributed by atoms with Gasteiger partial charge in [-0.25, -0.2) is 4.39 Å². The molecule has 1 atom stereocenters. The van der Waals surface area contributed by atoms with Crippen molar-refractivity contribution in [1.29, 1.82) is 0 Å². The monoisotopic (exact) mass is 278 g/mol. The molecular formula is C16H16ClFO. The Morgan fingerprint density at radius 1 is 1.00 bits per heavy atom. The summed E-state index contributed by atoms with van der Waals surface area (Å²) >= 11 is 6.02. The number of aliphatic hydroxyl groups excluding tert-OH is 1. The zero-order chi connectivity index (χ0) is 14.2. The van der Waals surface area contributed by atoms with Crippen molar-refractivity contribution < 1.29 is 9.50 Å². The fourth-order valence-electron chi connectivity index (χ4n) is 2.00.